The van der Waals surface area contributed by atoms with Crippen LogP contribution in [0.4, 0.5) is 4.39 Å². The molecule has 0 aliphatic rings. The highest BCUT2D eigenvalue weighted by Crippen LogP contribution is 2.09. The predicted octanol–water partition coefficient (Wildman–Crippen LogP) is 3.44. The number of aryl methyl sites for hydroxylation is 1. The molecule has 4 heteroatoms. The molecular weight excluding hydrogens is 257 g/mol. The number of halogens is 1. The van der Waals surface area contributed by atoms with Gasteiger partial charge in [0, 0.05) is 16.3 Å². The summed E-state index contributed by atoms with van der Waals surface area (Å²) in [4.78, 5) is 21.1. The van der Waals surface area contributed by atoms with E-state index in [-0.39, 0.29) is 11.4 Å². The largest absolute Gasteiger partial charge is 0.316 e. The molecule has 0 aromatic heterocycles. The third-order valence-electron chi connectivity index (χ3n) is 2.68. The van der Waals surface area contributed by atoms with Crippen LogP contribution in [0.15, 0.2) is 47.6 Å². The van der Waals surface area contributed by atoms with Gasteiger partial charge in [-0.1, -0.05) is 17.9 Å². The number of hydrogen-bond donors (Lipinski definition) is 0. The first-order chi connectivity index (χ1) is 9.60. The monoisotopic (exact) mass is 267 g/mol. The van der Waals surface area contributed by atoms with E-state index in [0.717, 1.165) is 5.56 Å². The lowest BCUT2D eigenvalue weighted by atomic mass is 10.1. The first-order valence-corrected chi connectivity index (χ1v) is 5.86. The summed E-state index contributed by atoms with van der Waals surface area (Å²) in [7, 11) is 0. The van der Waals surface area contributed by atoms with Crippen molar-refractivity contribution in [3.63, 3.8) is 0 Å². The van der Waals surface area contributed by atoms with Gasteiger partial charge in [-0.05, 0) is 48.9 Å². The van der Waals surface area contributed by atoms with Crippen LogP contribution in [0.1, 0.15) is 27.0 Å². The Morgan fingerprint density at radius 2 is 1.80 bits per heavy atom. The molecule has 0 unspecified atom stereocenters. The second kappa shape index (κ2) is 5.89. The molecule has 0 radical (unpaired) electrons. The summed E-state index contributed by atoms with van der Waals surface area (Å²) in [5.74, 6) is 4.33. The van der Waals surface area contributed by atoms with Crippen molar-refractivity contribution in [3.05, 3.63) is 75.4 Å². The molecule has 2 rings (SSSR count). The molecule has 0 aliphatic heterocycles. The van der Waals surface area contributed by atoms with Gasteiger partial charge < -0.3 is 0 Å². The zero-order chi connectivity index (χ0) is 14.5. The number of hydrogen-bond acceptors (Lipinski definition) is 2. The van der Waals surface area contributed by atoms with Crippen LogP contribution in [-0.2, 0) is 0 Å². The molecule has 0 heterocycles. The molecule has 0 spiro atoms. The molecule has 3 nitrogen and oxygen atoms in total. The van der Waals surface area contributed by atoms with Crippen LogP contribution >= 0.6 is 0 Å². The summed E-state index contributed by atoms with van der Waals surface area (Å²) >= 11 is 0. The van der Waals surface area contributed by atoms with Gasteiger partial charge in [0.1, 0.15) is 5.82 Å². The van der Waals surface area contributed by atoms with E-state index in [2.05, 4.69) is 17.0 Å². The van der Waals surface area contributed by atoms with E-state index in [1.807, 2.05) is 0 Å². The fourth-order valence-corrected chi connectivity index (χ4v) is 1.61. The van der Waals surface area contributed by atoms with Crippen molar-refractivity contribution in [2.24, 2.45) is 5.18 Å². The second-order valence-corrected chi connectivity index (χ2v) is 4.21. The standard InChI is InChI=1S/C16H10FNO2/c1-11-2-6-13(15(17)10-11)7-3-12-4-8-14(9-5-12)16(19)18-20/h2,4-6,8-10H,1H3. The molecule has 1 amide bonds. The molecule has 98 valence electrons. The number of nitroso groups, excluding NO2 is 1. The van der Waals surface area contributed by atoms with Gasteiger partial charge in [-0.3, -0.25) is 4.79 Å². The van der Waals surface area contributed by atoms with E-state index in [1.54, 1.807) is 31.2 Å². The molecule has 2 aromatic carbocycles. The van der Waals surface area contributed by atoms with Crippen LogP contribution in [0, 0.1) is 29.5 Å². The van der Waals surface area contributed by atoms with Crippen LogP contribution in [0.5, 0.6) is 0 Å². The highest BCUT2D eigenvalue weighted by atomic mass is 19.1. The Balaban J connectivity index is 2.24. The summed E-state index contributed by atoms with van der Waals surface area (Å²) < 4.78 is 13.6. The Hall–Kier alpha value is -2.80. The van der Waals surface area contributed by atoms with Gasteiger partial charge in [0.15, 0.2) is 0 Å². The highest BCUT2D eigenvalue weighted by molar-refractivity contribution is 5.94. The van der Waals surface area contributed by atoms with Crippen LogP contribution in [-0.4, -0.2) is 5.91 Å². The van der Waals surface area contributed by atoms with Crippen LogP contribution in [0.25, 0.3) is 0 Å². The third kappa shape index (κ3) is 3.15. The number of benzene rings is 2. The molecule has 20 heavy (non-hydrogen) atoms. The maximum absolute atomic E-state index is 13.6. The molecule has 0 saturated carbocycles. The van der Waals surface area contributed by atoms with Crippen molar-refractivity contribution < 1.29 is 9.18 Å². The van der Waals surface area contributed by atoms with Gasteiger partial charge in [0.2, 0.25) is 0 Å². The van der Waals surface area contributed by atoms with E-state index < -0.39 is 5.91 Å². The Labute approximate surface area is 115 Å². The van der Waals surface area contributed by atoms with Gasteiger partial charge >= 0.3 is 5.91 Å². The average Bonchev–Trinajstić information content (AvgIpc) is 2.46. The Morgan fingerprint density at radius 3 is 2.40 bits per heavy atom. The maximum Gasteiger partial charge on any atom is 0.316 e. The first-order valence-electron chi connectivity index (χ1n) is 5.86. The van der Waals surface area contributed by atoms with Gasteiger partial charge in [0.25, 0.3) is 0 Å². The van der Waals surface area contributed by atoms with Crippen molar-refractivity contribution in [1.29, 1.82) is 0 Å². The molecule has 0 atom stereocenters. The van der Waals surface area contributed by atoms with Gasteiger partial charge in [-0.2, -0.15) is 0 Å². The minimum absolute atomic E-state index is 0.201. The smallest absolute Gasteiger partial charge is 0.263 e. The van der Waals surface area contributed by atoms with E-state index in [0.29, 0.717) is 11.1 Å². The van der Waals surface area contributed by atoms with E-state index >= 15 is 0 Å². The summed E-state index contributed by atoms with van der Waals surface area (Å²) in [6, 6.07) is 10.9. The van der Waals surface area contributed by atoms with Crippen LogP contribution in [0.3, 0.4) is 0 Å². The van der Waals surface area contributed by atoms with Gasteiger partial charge in [-0.25, -0.2) is 4.39 Å². The lowest BCUT2D eigenvalue weighted by Gasteiger charge is -1.96. The lowest BCUT2D eigenvalue weighted by Crippen LogP contribution is -1.92. The number of nitrogens with zero attached hydrogens (tertiary/aromatic N) is 1. The van der Waals surface area contributed by atoms with Gasteiger partial charge in [-0.15, -0.1) is 4.91 Å². The summed E-state index contributed by atoms with van der Waals surface area (Å²) in [5.41, 5.74) is 1.96. The van der Waals surface area contributed by atoms with Crippen molar-refractivity contribution >= 4 is 5.91 Å². The normalized spacial score (nSPS) is 9.50. The van der Waals surface area contributed by atoms with Gasteiger partial charge in [0.05, 0.1) is 5.56 Å². The summed E-state index contributed by atoms with van der Waals surface area (Å²) in [6.45, 7) is 1.80. The zero-order valence-corrected chi connectivity index (χ0v) is 10.7. The van der Waals surface area contributed by atoms with E-state index in [1.165, 1.54) is 18.2 Å². The lowest BCUT2D eigenvalue weighted by molar-refractivity contribution is 0.100. The Kier molecular flexibility index (Phi) is 4.02. The number of carbonyl (C=O) groups is 1. The number of carbonyl (C=O) groups excluding carboxylic acids is 1. The minimum Gasteiger partial charge on any atom is -0.263 e. The van der Waals surface area contributed by atoms with Crippen LogP contribution < -0.4 is 0 Å². The molecule has 0 N–H and O–H groups in total. The highest BCUT2D eigenvalue weighted by Gasteiger charge is 2.03. The summed E-state index contributed by atoms with van der Waals surface area (Å²) in [6.07, 6.45) is 0. The fraction of sp³-hybridized carbons (Fsp3) is 0.0625. The molecule has 0 aliphatic carbocycles. The van der Waals surface area contributed by atoms with Crippen molar-refractivity contribution in [3.8, 4) is 11.8 Å². The van der Waals surface area contributed by atoms with E-state index in [4.69, 9.17) is 0 Å². The third-order valence-corrected chi connectivity index (χ3v) is 2.68. The fourth-order valence-electron chi connectivity index (χ4n) is 1.61. The quantitative estimate of drug-likeness (QED) is 0.587. The Bertz CT molecular complexity index is 724. The molecule has 2 aromatic rings. The average molecular weight is 267 g/mol. The molecule has 0 saturated heterocycles. The Morgan fingerprint density at radius 1 is 1.10 bits per heavy atom. The zero-order valence-electron chi connectivity index (χ0n) is 10.7. The minimum atomic E-state index is -0.825. The first kappa shape index (κ1) is 13.6. The van der Waals surface area contributed by atoms with Crippen molar-refractivity contribution in [2.45, 2.75) is 6.92 Å². The SMILES string of the molecule is Cc1ccc(C#Cc2ccc(C(=O)N=O)cc2)c(F)c1. The van der Waals surface area contributed by atoms with Crippen molar-refractivity contribution in [2.75, 3.05) is 0 Å². The topological polar surface area (TPSA) is 46.5 Å². The van der Waals surface area contributed by atoms with Crippen LogP contribution in [0.2, 0.25) is 0 Å². The number of amides is 1. The molecule has 0 fully saturated rings. The predicted molar refractivity (Wildman–Crippen MR) is 73.7 cm³/mol. The second-order valence-electron chi connectivity index (χ2n) is 4.21. The molecule has 0 bridgehead atoms. The number of rotatable bonds is 1. The van der Waals surface area contributed by atoms with Crippen molar-refractivity contribution in [1.82, 2.24) is 0 Å². The van der Waals surface area contributed by atoms with E-state index in [9.17, 15) is 14.1 Å². The summed E-state index contributed by atoms with van der Waals surface area (Å²) in [5, 5.41) is 2.33. The molecular formula is C16H10FNO2. The maximum atomic E-state index is 13.6.